The van der Waals surface area contributed by atoms with Gasteiger partial charge in [0.15, 0.2) is 0 Å². The molecule has 1 saturated heterocycles. The number of ether oxygens (including phenoxy) is 1. The number of hydrogen-bond acceptors (Lipinski definition) is 5. The maximum atomic E-state index is 12.7. The fraction of sp³-hybridized carbons (Fsp3) is 0.261. The molecule has 1 heterocycles. The van der Waals surface area contributed by atoms with E-state index >= 15 is 0 Å². The van der Waals surface area contributed by atoms with Gasteiger partial charge in [0.05, 0.1) is 0 Å². The van der Waals surface area contributed by atoms with Gasteiger partial charge in [0, 0.05) is 0 Å². The van der Waals surface area contributed by atoms with Gasteiger partial charge in [-0.05, 0) is 0 Å². The van der Waals surface area contributed by atoms with E-state index in [-0.39, 0.29) is 12.6 Å². The SMILES string of the molecule is C=CCC(C(=C)[PH]1(O)N(c2ccccc2)CCN1c1ccccc1)C(=O)OCC. The molecule has 29 heavy (non-hydrogen) atoms. The first-order valence-corrected chi connectivity index (χ1v) is 11.7. The van der Waals surface area contributed by atoms with Crippen LogP contribution in [0, 0.1) is 5.92 Å². The van der Waals surface area contributed by atoms with Gasteiger partial charge in [0.2, 0.25) is 0 Å². The van der Waals surface area contributed by atoms with E-state index in [9.17, 15) is 9.69 Å². The summed E-state index contributed by atoms with van der Waals surface area (Å²) in [6.45, 7) is 11.4. The molecule has 1 aliphatic heterocycles. The van der Waals surface area contributed by atoms with Crippen molar-refractivity contribution in [1.29, 1.82) is 0 Å². The molecule has 154 valence electrons. The standard InChI is InChI=1S/C23H29N2O3P/c1-4-12-22(23(26)28-5-2)19(3)29(27)24(20-13-8-6-9-14-20)17-18-25(29)21-15-10-7-11-16-21/h4,6-11,13-16,22,27,29H,1,3,5,12,17-18H2,2H3. The Bertz CT molecular complexity index is 809. The molecule has 3 rings (SSSR count). The molecule has 5 nitrogen and oxygen atoms in total. The van der Waals surface area contributed by atoms with Crippen LogP contribution in [0.4, 0.5) is 11.4 Å². The average molecular weight is 412 g/mol. The molecule has 0 aromatic heterocycles. The van der Waals surface area contributed by atoms with Crippen molar-refractivity contribution in [1.82, 2.24) is 0 Å². The predicted octanol–water partition coefficient (Wildman–Crippen LogP) is 4.77. The molecule has 0 saturated carbocycles. The molecule has 1 aliphatic rings. The van der Waals surface area contributed by atoms with Crippen LogP contribution < -0.4 is 9.34 Å². The molecule has 1 atom stereocenters. The van der Waals surface area contributed by atoms with E-state index in [2.05, 4.69) is 13.2 Å². The topological polar surface area (TPSA) is 53.0 Å². The summed E-state index contributed by atoms with van der Waals surface area (Å²) >= 11 is 0. The van der Waals surface area contributed by atoms with Crippen molar-refractivity contribution in [3.8, 4) is 0 Å². The van der Waals surface area contributed by atoms with Crippen molar-refractivity contribution in [3.05, 3.63) is 85.2 Å². The van der Waals surface area contributed by atoms with Crippen LogP contribution in [0.15, 0.2) is 85.2 Å². The van der Waals surface area contributed by atoms with Crippen molar-refractivity contribution in [2.45, 2.75) is 13.3 Å². The number of carbonyl (C=O) groups is 1. The monoisotopic (exact) mass is 412 g/mol. The molecule has 1 N–H and O–H groups in total. The third-order valence-corrected chi connectivity index (χ3v) is 8.94. The third kappa shape index (κ3) is 4.07. The Morgan fingerprint density at radius 1 is 1.10 bits per heavy atom. The van der Waals surface area contributed by atoms with E-state index in [4.69, 9.17) is 4.74 Å². The minimum atomic E-state index is -3.50. The molecule has 0 aliphatic carbocycles. The zero-order valence-corrected chi connectivity index (χ0v) is 17.8. The van der Waals surface area contributed by atoms with Crippen molar-refractivity contribution in [2.75, 3.05) is 29.0 Å². The van der Waals surface area contributed by atoms with Gasteiger partial charge in [-0.25, -0.2) is 0 Å². The van der Waals surface area contributed by atoms with Gasteiger partial charge in [-0.1, -0.05) is 0 Å². The van der Waals surface area contributed by atoms with Crippen LogP contribution in [-0.4, -0.2) is 30.6 Å². The summed E-state index contributed by atoms with van der Waals surface area (Å²) in [4.78, 5) is 25.0. The summed E-state index contributed by atoms with van der Waals surface area (Å²) in [6, 6.07) is 19.6. The maximum absolute atomic E-state index is 12.7. The number of benzene rings is 2. The second kappa shape index (κ2) is 9.25. The Kier molecular flexibility index (Phi) is 6.73. The molecular weight excluding hydrogens is 383 g/mol. The Morgan fingerprint density at radius 2 is 1.59 bits per heavy atom. The van der Waals surface area contributed by atoms with E-state index in [1.54, 1.807) is 13.0 Å². The van der Waals surface area contributed by atoms with Gasteiger partial charge in [-0.2, -0.15) is 0 Å². The second-order valence-corrected chi connectivity index (χ2v) is 9.96. The summed E-state index contributed by atoms with van der Waals surface area (Å²) in [7, 11) is -3.50. The van der Waals surface area contributed by atoms with Gasteiger partial charge in [0.25, 0.3) is 0 Å². The molecule has 2 aromatic rings. The second-order valence-electron chi connectivity index (χ2n) is 6.96. The number of rotatable bonds is 8. The summed E-state index contributed by atoms with van der Waals surface area (Å²) < 4.78 is 9.34. The normalized spacial score (nSPS) is 17.4. The molecule has 6 heteroatoms. The van der Waals surface area contributed by atoms with Crippen LogP contribution in [0.2, 0.25) is 0 Å². The van der Waals surface area contributed by atoms with E-state index < -0.39 is 13.7 Å². The Morgan fingerprint density at radius 3 is 2.00 bits per heavy atom. The number of para-hydroxylation sites is 2. The van der Waals surface area contributed by atoms with Gasteiger partial charge in [-0.15, -0.1) is 0 Å². The number of esters is 1. The predicted molar refractivity (Wildman–Crippen MR) is 122 cm³/mol. The first-order chi connectivity index (χ1) is 14.0. The van der Waals surface area contributed by atoms with Crippen LogP contribution in [0.3, 0.4) is 0 Å². The molecular formula is C23H29N2O3P. The van der Waals surface area contributed by atoms with Crippen molar-refractivity contribution < 1.29 is 14.4 Å². The van der Waals surface area contributed by atoms with Gasteiger partial charge < -0.3 is 0 Å². The zero-order valence-electron chi connectivity index (χ0n) is 16.8. The molecule has 1 fully saturated rings. The fourth-order valence-corrected chi connectivity index (χ4v) is 7.39. The Hall–Kier alpha value is -2.62. The zero-order chi connectivity index (χ0) is 20.9. The number of carbonyl (C=O) groups excluding carboxylic acids is 1. The Balaban J connectivity index is 2.08. The molecule has 0 amide bonds. The van der Waals surface area contributed by atoms with E-state index in [0.29, 0.717) is 24.8 Å². The minimum absolute atomic E-state index is 0.282. The molecule has 0 bridgehead atoms. The van der Waals surface area contributed by atoms with Crippen LogP contribution >= 0.6 is 7.79 Å². The average Bonchev–Trinajstić information content (AvgIpc) is 3.11. The van der Waals surface area contributed by atoms with Crippen LogP contribution in [0.25, 0.3) is 0 Å². The van der Waals surface area contributed by atoms with Gasteiger partial charge in [-0.3, -0.25) is 0 Å². The number of nitrogens with zero attached hydrogens (tertiary/aromatic N) is 2. The number of anilines is 2. The number of allylic oxidation sites excluding steroid dienone is 1. The fourth-order valence-electron chi connectivity index (χ4n) is 3.86. The third-order valence-electron chi connectivity index (χ3n) is 5.26. The van der Waals surface area contributed by atoms with Gasteiger partial charge >= 0.3 is 173 Å². The van der Waals surface area contributed by atoms with Crippen molar-refractivity contribution >= 4 is 25.1 Å². The van der Waals surface area contributed by atoms with Crippen molar-refractivity contribution in [2.24, 2.45) is 5.92 Å². The summed E-state index contributed by atoms with van der Waals surface area (Å²) in [5, 5.41) is 0.515. The first kappa shape index (κ1) is 21.1. The first-order valence-electron chi connectivity index (χ1n) is 9.88. The molecule has 2 aromatic carbocycles. The van der Waals surface area contributed by atoms with Gasteiger partial charge in [0.1, 0.15) is 0 Å². The quantitative estimate of drug-likeness (QED) is 0.385. The van der Waals surface area contributed by atoms with Crippen LogP contribution in [-0.2, 0) is 9.53 Å². The number of hydrogen-bond donors (Lipinski definition) is 1. The summed E-state index contributed by atoms with van der Waals surface area (Å²) in [6.07, 6.45) is 2.05. The summed E-state index contributed by atoms with van der Waals surface area (Å²) in [5.41, 5.74) is 1.84. The molecule has 0 spiro atoms. The van der Waals surface area contributed by atoms with E-state index in [1.165, 1.54) is 0 Å². The molecule has 1 unspecified atom stereocenters. The van der Waals surface area contributed by atoms with E-state index in [1.807, 2.05) is 70.0 Å². The molecule has 0 radical (unpaired) electrons. The van der Waals surface area contributed by atoms with Crippen LogP contribution in [0.5, 0.6) is 0 Å². The van der Waals surface area contributed by atoms with Crippen LogP contribution in [0.1, 0.15) is 13.3 Å². The van der Waals surface area contributed by atoms with E-state index in [0.717, 1.165) is 11.4 Å². The Labute approximate surface area is 173 Å². The van der Waals surface area contributed by atoms with Crippen molar-refractivity contribution in [3.63, 3.8) is 0 Å². The summed E-state index contributed by atoms with van der Waals surface area (Å²) in [5.74, 6) is -1.01.